The molecule has 0 atom stereocenters. The third-order valence-corrected chi connectivity index (χ3v) is 3.53. The second-order valence-electron chi connectivity index (χ2n) is 4.88. The van der Waals surface area contributed by atoms with E-state index in [9.17, 15) is 0 Å². The maximum absolute atomic E-state index is 5.76. The van der Waals surface area contributed by atoms with Crippen LogP contribution in [0.3, 0.4) is 0 Å². The Balaban J connectivity index is 2.00. The van der Waals surface area contributed by atoms with Gasteiger partial charge in [-0.05, 0) is 24.1 Å². The van der Waals surface area contributed by atoms with Crippen LogP contribution in [0.5, 0.6) is 0 Å². The van der Waals surface area contributed by atoms with Gasteiger partial charge in [-0.15, -0.1) is 11.6 Å². The highest BCUT2D eigenvalue weighted by molar-refractivity contribution is 6.17. The molecule has 0 amide bonds. The molecule has 2 heteroatoms. The molecule has 0 bridgehead atoms. The third-order valence-electron chi connectivity index (χ3n) is 3.22. The van der Waals surface area contributed by atoms with E-state index in [1.807, 2.05) is 0 Å². The molecule has 0 unspecified atom stereocenters. The van der Waals surface area contributed by atoms with E-state index in [4.69, 9.17) is 11.6 Å². The molecule has 0 saturated carbocycles. The lowest BCUT2D eigenvalue weighted by molar-refractivity contribution is 0.596. The van der Waals surface area contributed by atoms with E-state index in [0.717, 1.165) is 6.54 Å². The molecule has 0 radical (unpaired) electrons. The first-order valence-corrected chi connectivity index (χ1v) is 7.79. The lowest BCUT2D eigenvalue weighted by Crippen LogP contribution is -2.01. The summed E-state index contributed by atoms with van der Waals surface area (Å²) in [6.45, 7) is 3.34. The van der Waals surface area contributed by atoms with Crippen molar-refractivity contribution in [3.63, 3.8) is 0 Å². The van der Waals surface area contributed by atoms with Crippen LogP contribution in [0, 0.1) is 0 Å². The molecule has 1 nitrogen and oxygen atoms in total. The lowest BCUT2D eigenvalue weighted by atomic mass is 10.1. The number of benzene rings is 1. The zero-order chi connectivity index (χ0) is 13.1. The van der Waals surface area contributed by atoms with E-state index in [1.165, 1.54) is 56.2 Å². The van der Waals surface area contributed by atoms with Crippen LogP contribution >= 0.6 is 11.6 Å². The van der Waals surface area contributed by atoms with Crippen LogP contribution in [-0.4, -0.2) is 6.54 Å². The smallest absolute Gasteiger partial charge is 0.0474 e. The Kier molecular flexibility index (Phi) is 8.75. The summed E-state index contributed by atoms with van der Waals surface area (Å²) in [7, 11) is 0. The van der Waals surface area contributed by atoms with Crippen LogP contribution < -0.4 is 5.32 Å². The van der Waals surface area contributed by atoms with Gasteiger partial charge in [0.1, 0.15) is 0 Å². The number of rotatable bonds is 10. The molecule has 0 aliphatic rings. The van der Waals surface area contributed by atoms with Crippen LogP contribution in [0.4, 0.5) is 5.69 Å². The molecule has 0 spiro atoms. The van der Waals surface area contributed by atoms with Gasteiger partial charge in [-0.3, -0.25) is 0 Å². The van der Waals surface area contributed by atoms with Crippen LogP contribution in [0.2, 0.25) is 0 Å². The first-order chi connectivity index (χ1) is 8.86. The lowest BCUT2D eigenvalue weighted by Gasteiger charge is -2.06. The minimum absolute atomic E-state index is 0.595. The van der Waals surface area contributed by atoms with E-state index in [-0.39, 0.29) is 0 Å². The van der Waals surface area contributed by atoms with Crippen molar-refractivity contribution in [3.8, 4) is 0 Å². The van der Waals surface area contributed by atoms with Crippen LogP contribution in [0.1, 0.15) is 57.4 Å². The summed E-state index contributed by atoms with van der Waals surface area (Å²) >= 11 is 5.76. The van der Waals surface area contributed by atoms with Crippen molar-refractivity contribution in [1.29, 1.82) is 0 Å². The average molecular weight is 268 g/mol. The first-order valence-electron chi connectivity index (χ1n) is 7.25. The molecule has 1 N–H and O–H groups in total. The van der Waals surface area contributed by atoms with E-state index in [1.54, 1.807) is 0 Å². The van der Waals surface area contributed by atoms with Crippen molar-refractivity contribution in [3.05, 3.63) is 29.8 Å². The van der Waals surface area contributed by atoms with Gasteiger partial charge >= 0.3 is 0 Å². The van der Waals surface area contributed by atoms with Gasteiger partial charge in [0.05, 0.1) is 0 Å². The molecule has 1 rings (SSSR count). The Bertz CT molecular complexity index is 294. The molecule has 1 aromatic carbocycles. The Morgan fingerprint density at radius 1 is 0.889 bits per heavy atom. The summed E-state index contributed by atoms with van der Waals surface area (Å²) in [5.74, 6) is 0.595. The monoisotopic (exact) mass is 267 g/mol. The molecule has 0 aliphatic heterocycles. The second-order valence-corrected chi connectivity index (χ2v) is 5.15. The summed E-state index contributed by atoms with van der Waals surface area (Å²) < 4.78 is 0. The zero-order valence-electron chi connectivity index (χ0n) is 11.6. The first kappa shape index (κ1) is 15.4. The molecular weight excluding hydrogens is 242 g/mol. The molecule has 102 valence electrons. The number of alkyl halides is 1. The van der Waals surface area contributed by atoms with Crippen molar-refractivity contribution >= 4 is 17.3 Å². The molecular formula is C16H26ClN. The molecule has 0 saturated heterocycles. The maximum atomic E-state index is 5.76. The summed E-state index contributed by atoms with van der Waals surface area (Å²) in [4.78, 5) is 0. The maximum Gasteiger partial charge on any atom is 0.0474 e. The van der Waals surface area contributed by atoms with Gasteiger partial charge in [0.15, 0.2) is 0 Å². The fourth-order valence-corrected chi connectivity index (χ4v) is 2.20. The number of halogens is 1. The topological polar surface area (TPSA) is 12.0 Å². The summed E-state index contributed by atoms with van der Waals surface area (Å²) in [5, 5.41) is 3.45. The summed E-state index contributed by atoms with van der Waals surface area (Å²) in [5.41, 5.74) is 2.38. The Morgan fingerprint density at radius 3 is 2.11 bits per heavy atom. The third kappa shape index (κ3) is 6.90. The number of hydrogen-bond donors (Lipinski definition) is 1. The van der Waals surface area contributed by atoms with Crippen LogP contribution in [0.25, 0.3) is 0 Å². The normalized spacial score (nSPS) is 10.6. The highest BCUT2D eigenvalue weighted by Crippen LogP contribution is 2.12. The standard InChI is InChI=1S/C16H26ClN/c1-2-3-4-5-6-7-8-13-18-16-11-9-15(14-17)10-12-16/h9-12,18H,2-8,13-14H2,1H3. The van der Waals surface area contributed by atoms with Gasteiger partial charge in [-0.2, -0.15) is 0 Å². The largest absolute Gasteiger partial charge is 0.385 e. The fourth-order valence-electron chi connectivity index (χ4n) is 2.03. The number of nitrogens with one attached hydrogen (secondary N) is 1. The summed E-state index contributed by atoms with van der Waals surface area (Å²) in [6, 6.07) is 8.39. The Hall–Kier alpha value is -0.690. The SMILES string of the molecule is CCCCCCCCCNc1ccc(CCl)cc1. The quantitative estimate of drug-likeness (QED) is 0.430. The van der Waals surface area contributed by atoms with Gasteiger partial charge in [-0.25, -0.2) is 0 Å². The Morgan fingerprint density at radius 2 is 1.50 bits per heavy atom. The predicted octanol–water partition coefficient (Wildman–Crippen LogP) is 5.59. The predicted molar refractivity (Wildman–Crippen MR) is 82.5 cm³/mol. The van der Waals surface area contributed by atoms with Gasteiger partial charge in [0.25, 0.3) is 0 Å². The molecule has 0 fully saturated rings. The Labute approximate surface area is 117 Å². The minimum Gasteiger partial charge on any atom is -0.385 e. The number of anilines is 1. The van der Waals surface area contributed by atoms with Crippen LogP contribution in [0.15, 0.2) is 24.3 Å². The van der Waals surface area contributed by atoms with Crippen molar-refractivity contribution in [2.75, 3.05) is 11.9 Å². The van der Waals surface area contributed by atoms with Gasteiger partial charge in [0.2, 0.25) is 0 Å². The van der Waals surface area contributed by atoms with Gasteiger partial charge < -0.3 is 5.32 Å². The van der Waals surface area contributed by atoms with E-state index in [0.29, 0.717) is 5.88 Å². The van der Waals surface area contributed by atoms with Gasteiger partial charge in [-0.1, -0.05) is 57.6 Å². The van der Waals surface area contributed by atoms with E-state index < -0.39 is 0 Å². The molecule has 1 aromatic rings. The molecule has 0 heterocycles. The molecule has 18 heavy (non-hydrogen) atoms. The van der Waals surface area contributed by atoms with Crippen molar-refractivity contribution < 1.29 is 0 Å². The zero-order valence-corrected chi connectivity index (χ0v) is 12.3. The van der Waals surface area contributed by atoms with Crippen LogP contribution in [-0.2, 0) is 5.88 Å². The average Bonchev–Trinajstić information content (AvgIpc) is 2.42. The van der Waals surface area contributed by atoms with E-state index in [2.05, 4.69) is 36.5 Å². The van der Waals surface area contributed by atoms with E-state index >= 15 is 0 Å². The van der Waals surface area contributed by atoms with Crippen molar-refractivity contribution in [1.82, 2.24) is 0 Å². The minimum atomic E-state index is 0.595. The fraction of sp³-hybridized carbons (Fsp3) is 0.625. The number of unbranched alkanes of at least 4 members (excludes halogenated alkanes) is 6. The molecule has 0 aliphatic carbocycles. The van der Waals surface area contributed by atoms with Crippen molar-refractivity contribution in [2.24, 2.45) is 0 Å². The van der Waals surface area contributed by atoms with Gasteiger partial charge in [0, 0.05) is 18.1 Å². The highest BCUT2D eigenvalue weighted by atomic mass is 35.5. The summed E-state index contributed by atoms with van der Waals surface area (Å²) in [6.07, 6.45) is 9.53. The molecule has 0 aromatic heterocycles. The number of hydrogen-bond acceptors (Lipinski definition) is 1. The second kappa shape index (κ2) is 10.3. The highest BCUT2D eigenvalue weighted by Gasteiger charge is 1.94. The van der Waals surface area contributed by atoms with Crippen molar-refractivity contribution in [2.45, 2.75) is 57.7 Å².